The number of benzene rings is 1. The van der Waals surface area contributed by atoms with Crippen LogP contribution in [-0.4, -0.2) is 9.98 Å². The van der Waals surface area contributed by atoms with Crippen molar-refractivity contribution in [2.45, 2.75) is 6.92 Å². The van der Waals surface area contributed by atoms with Crippen LogP contribution in [0.5, 0.6) is 0 Å². The summed E-state index contributed by atoms with van der Waals surface area (Å²) in [5, 5.41) is 1.63. The second kappa shape index (κ2) is 3.05. The van der Waals surface area contributed by atoms with Gasteiger partial charge in [0.05, 0.1) is 10.7 Å². The van der Waals surface area contributed by atoms with E-state index in [2.05, 4.69) is 9.98 Å². The Morgan fingerprint density at radius 3 is 2.31 bits per heavy atom. The molecule has 1 aliphatic heterocycles. The predicted octanol–water partition coefficient (Wildman–Crippen LogP) is 0.903. The van der Waals surface area contributed by atoms with Crippen LogP contribution in [0.2, 0.25) is 0 Å². The Morgan fingerprint density at radius 1 is 1.00 bits per heavy atom. The monoisotopic (exact) mass is 206 g/mol. The number of hydrogen-bond acceptors (Lipinski definition) is 2. The van der Waals surface area contributed by atoms with E-state index in [4.69, 9.17) is 24.4 Å². The quantitative estimate of drug-likeness (QED) is 0.589. The van der Waals surface area contributed by atoms with E-state index >= 15 is 0 Å². The van der Waals surface area contributed by atoms with Crippen molar-refractivity contribution >= 4 is 34.4 Å². The van der Waals surface area contributed by atoms with Crippen molar-refractivity contribution < 1.29 is 0 Å². The van der Waals surface area contributed by atoms with Gasteiger partial charge < -0.3 is 0 Å². The highest BCUT2D eigenvalue weighted by atomic mass is 32.1. The molecule has 1 aliphatic rings. The number of thiocarbonyl (C=S) groups is 2. The fourth-order valence-corrected chi connectivity index (χ4v) is 1.42. The predicted molar refractivity (Wildman–Crippen MR) is 58.7 cm³/mol. The number of nitrogens with zero attached hydrogens (tertiary/aromatic N) is 2. The maximum Gasteiger partial charge on any atom is 0.163 e. The summed E-state index contributed by atoms with van der Waals surface area (Å²) < 4.78 is 0. The topological polar surface area (TPSA) is 24.7 Å². The van der Waals surface area contributed by atoms with Crippen LogP contribution in [-0.2, 0) is 0 Å². The van der Waals surface area contributed by atoms with Crippen molar-refractivity contribution in [3.8, 4) is 0 Å². The summed E-state index contributed by atoms with van der Waals surface area (Å²) in [4.78, 5) is 9.17. The van der Waals surface area contributed by atoms with Gasteiger partial charge in [-0.3, -0.25) is 0 Å². The van der Waals surface area contributed by atoms with Gasteiger partial charge in [0.25, 0.3) is 0 Å². The van der Waals surface area contributed by atoms with E-state index in [-0.39, 0.29) is 0 Å². The summed E-state index contributed by atoms with van der Waals surface area (Å²) in [5.41, 5.74) is 1.15. The molecule has 1 aromatic carbocycles. The second-order valence-electron chi connectivity index (χ2n) is 2.83. The molecule has 0 radical (unpaired) electrons. The largest absolute Gasteiger partial charge is 0.232 e. The van der Waals surface area contributed by atoms with Crippen molar-refractivity contribution in [3.05, 3.63) is 34.5 Å². The van der Waals surface area contributed by atoms with Crippen LogP contribution in [0.15, 0.2) is 28.2 Å². The number of fused-ring (bicyclic) bond motifs is 1. The van der Waals surface area contributed by atoms with E-state index in [0.717, 1.165) is 16.3 Å². The van der Waals surface area contributed by atoms with Gasteiger partial charge in [-0.05, 0) is 24.6 Å². The van der Waals surface area contributed by atoms with Crippen LogP contribution in [0, 0.1) is 6.92 Å². The first-order valence-electron chi connectivity index (χ1n) is 3.79. The normalized spacial score (nSPS) is 14.5. The molecule has 0 spiro atoms. The molecule has 0 aromatic heterocycles. The summed E-state index contributed by atoms with van der Waals surface area (Å²) in [6.45, 7) is 2.01. The van der Waals surface area contributed by atoms with Gasteiger partial charge in [-0.2, -0.15) is 0 Å². The zero-order valence-electron chi connectivity index (χ0n) is 6.94. The minimum Gasteiger partial charge on any atom is -0.232 e. The number of rotatable bonds is 0. The van der Waals surface area contributed by atoms with Crippen LogP contribution in [0.3, 0.4) is 0 Å². The first-order chi connectivity index (χ1) is 6.16. The third kappa shape index (κ3) is 1.55. The maximum atomic E-state index is 4.95. The molecule has 0 bridgehead atoms. The van der Waals surface area contributed by atoms with Gasteiger partial charge in [0.15, 0.2) is 9.98 Å². The van der Waals surface area contributed by atoms with Gasteiger partial charge in [-0.15, -0.1) is 0 Å². The number of hydrogen-bond donors (Lipinski definition) is 0. The molecule has 0 saturated carbocycles. The van der Waals surface area contributed by atoms with Crippen molar-refractivity contribution in [1.29, 1.82) is 0 Å². The summed E-state index contributed by atoms with van der Waals surface area (Å²) >= 11 is 9.88. The molecule has 0 unspecified atom stereocenters. The third-order valence-electron chi connectivity index (χ3n) is 1.76. The summed E-state index contributed by atoms with van der Waals surface area (Å²) in [7, 11) is 0. The van der Waals surface area contributed by atoms with E-state index < -0.39 is 0 Å². The first-order valence-corrected chi connectivity index (χ1v) is 4.61. The molecule has 2 rings (SSSR count). The molecule has 2 nitrogen and oxygen atoms in total. The molecule has 1 heterocycles. The fourth-order valence-electron chi connectivity index (χ4n) is 1.13. The molecular weight excluding hydrogens is 200 g/mol. The van der Waals surface area contributed by atoms with Crippen LogP contribution in [0.1, 0.15) is 5.56 Å². The van der Waals surface area contributed by atoms with Crippen molar-refractivity contribution in [1.82, 2.24) is 0 Å². The molecular formula is C9H6N2S2. The van der Waals surface area contributed by atoms with Crippen molar-refractivity contribution in [3.63, 3.8) is 0 Å². The molecule has 0 fully saturated rings. The minimum atomic E-state index is 0.409. The molecule has 0 saturated heterocycles. The Labute approximate surface area is 86.0 Å². The lowest BCUT2D eigenvalue weighted by Gasteiger charge is -2.01. The number of aryl methyl sites for hydroxylation is 1. The molecule has 0 amide bonds. The third-order valence-corrected chi connectivity index (χ3v) is 2.46. The van der Waals surface area contributed by atoms with Crippen LogP contribution < -0.4 is 10.7 Å². The molecule has 0 N–H and O–H groups in total. The Morgan fingerprint density at radius 2 is 1.62 bits per heavy atom. The van der Waals surface area contributed by atoms with Crippen molar-refractivity contribution in [2.75, 3.05) is 0 Å². The van der Waals surface area contributed by atoms with Gasteiger partial charge in [-0.25, -0.2) is 9.98 Å². The Bertz CT molecular complexity index is 517. The smallest absolute Gasteiger partial charge is 0.163 e. The average Bonchev–Trinajstić information content (AvgIpc) is 2.08. The molecule has 0 aliphatic carbocycles. The maximum absolute atomic E-state index is 4.95. The summed E-state index contributed by atoms with van der Waals surface area (Å²) in [6.07, 6.45) is 0. The van der Waals surface area contributed by atoms with E-state index in [1.54, 1.807) is 0 Å². The molecule has 1 aromatic rings. The van der Waals surface area contributed by atoms with Gasteiger partial charge in [-0.1, -0.05) is 30.5 Å². The standard InChI is InChI=1S/C9H6N2S2/c1-5-2-3-6-7(4-5)11-9(13)8(12)10-6/h2-4H,1H3. The van der Waals surface area contributed by atoms with Gasteiger partial charge in [0.2, 0.25) is 0 Å². The zero-order chi connectivity index (χ0) is 9.42. The Balaban J connectivity index is 2.85. The van der Waals surface area contributed by atoms with E-state index in [0.29, 0.717) is 9.98 Å². The highest BCUT2D eigenvalue weighted by molar-refractivity contribution is 7.89. The molecule has 13 heavy (non-hydrogen) atoms. The van der Waals surface area contributed by atoms with Crippen molar-refractivity contribution in [2.24, 2.45) is 9.98 Å². The zero-order valence-corrected chi connectivity index (χ0v) is 8.58. The summed E-state index contributed by atoms with van der Waals surface area (Å²) in [6, 6.07) is 5.84. The summed E-state index contributed by atoms with van der Waals surface area (Å²) in [5.74, 6) is 0. The minimum absolute atomic E-state index is 0.409. The van der Waals surface area contributed by atoms with Gasteiger partial charge in [0, 0.05) is 0 Å². The molecule has 64 valence electrons. The average molecular weight is 206 g/mol. The Hall–Kier alpha value is -1.00. The lowest BCUT2D eigenvalue weighted by atomic mass is 10.2. The van der Waals surface area contributed by atoms with E-state index in [9.17, 15) is 0 Å². The molecule has 4 heteroatoms. The van der Waals surface area contributed by atoms with E-state index in [1.165, 1.54) is 0 Å². The van der Waals surface area contributed by atoms with E-state index in [1.807, 2.05) is 25.1 Å². The van der Waals surface area contributed by atoms with Crippen LogP contribution in [0.25, 0.3) is 0 Å². The second-order valence-corrected chi connectivity index (χ2v) is 3.60. The Kier molecular flexibility index (Phi) is 2.01. The SMILES string of the molecule is Cc1ccc2c(c1)=NC(=S)C(=S)N=2. The first kappa shape index (κ1) is 8.59. The lowest BCUT2D eigenvalue weighted by Crippen LogP contribution is -2.33. The van der Waals surface area contributed by atoms with Gasteiger partial charge >= 0.3 is 0 Å². The lowest BCUT2D eigenvalue weighted by molar-refractivity contribution is 1.23. The highest BCUT2D eigenvalue weighted by Gasteiger charge is 2.06. The fraction of sp³-hybridized carbons (Fsp3) is 0.111. The highest BCUT2D eigenvalue weighted by Crippen LogP contribution is 1.93. The molecule has 0 atom stereocenters. The van der Waals surface area contributed by atoms with Gasteiger partial charge in [0.1, 0.15) is 0 Å². The van der Waals surface area contributed by atoms with Crippen LogP contribution in [0.4, 0.5) is 0 Å². The van der Waals surface area contributed by atoms with Crippen LogP contribution >= 0.6 is 24.4 Å².